The molecule has 2 aromatic carbocycles. The number of aliphatic carboxylic acids is 1. The molecule has 2 amide bonds. The topological polar surface area (TPSA) is 95.5 Å². The number of nitrogens with one attached hydrogen (secondary N) is 2. The highest BCUT2D eigenvalue weighted by molar-refractivity contribution is 5.84. The number of carboxylic acids is 1. The Labute approximate surface area is 158 Å². The fourth-order valence-electron chi connectivity index (χ4n) is 2.79. The zero-order chi connectivity index (χ0) is 19.6. The summed E-state index contributed by atoms with van der Waals surface area (Å²) in [4.78, 5) is 33.8. The number of rotatable bonds is 8. The van der Waals surface area contributed by atoms with Gasteiger partial charge in [0, 0.05) is 13.3 Å². The van der Waals surface area contributed by atoms with Gasteiger partial charge in [0.1, 0.15) is 0 Å². The van der Waals surface area contributed by atoms with Crippen LogP contribution in [0.2, 0.25) is 0 Å². The maximum absolute atomic E-state index is 11.7. The normalized spacial score (nSPS) is 11.4. The number of amides is 2. The summed E-state index contributed by atoms with van der Waals surface area (Å²) in [5.41, 5.74) is 7.77. The Balaban J connectivity index is 1.83. The fourth-order valence-corrected chi connectivity index (χ4v) is 2.79. The van der Waals surface area contributed by atoms with E-state index >= 15 is 0 Å². The van der Waals surface area contributed by atoms with Crippen LogP contribution in [0.25, 0.3) is 11.1 Å². The highest BCUT2D eigenvalue weighted by atomic mass is 16.4. The summed E-state index contributed by atoms with van der Waals surface area (Å²) in [6, 6.07) is 18.3. The monoisotopic (exact) mass is 368 g/mol. The number of aryl methyl sites for hydroxylation is 1. The molecule has 0 bridgehead atoms. The Hall–Kier alpha value is -3.15. The first-order valence-corrected chi connectivity index (χ1v) is 8.88. The summed E-state index contributed by atoms with van der Waals surface area (Å²) < 4.78 is 0. The molecule has 0 aromatic heterocycles. The van der Waals surface area contributed by atoms with Gasteiger partial charge < -0.3 is 5.11 Å². The molecule has 0 fully saturated rings. The molecule has 142 valence electrons. The number of carbonyl (C=O) groups is 3. The molecule has 0 spiro atoms. The molecule has 0 aliphatic heterocycles. The van der Waals surface area contributed by atoms with Crippen LogP contribution in [0.3, 0.4) is 0 Å². The molecule has 3 N–H and O–H groups in total. The van der Waals surface area contributed by atoms with Crippen LogP contribution in [-0.4, -0.2) is 22.9 Å². The molecule has 1 unspecified atom stereocenters. The minimum absolute atomic E-state index is 0.164. The lowest BCUT2D eigenvalue weighted by Gasteiger charge is -2.12. The predicted octanol–water partition coefficient (Wildman–Crippen LogP) is 2.93. The van der Waals surface area contributed by atoms with Crippen LogP contribution in [0.1, 0.15) is 31.7 Å². The van der Waals surface area contributed by atoms with Gasteiger partial charge in [-0.1, -0.05) is 54.6 Å². The van der Waals surface area contributed by atoms with Gasteiger partial charge in [-0.15, -0.1) is 0 Å². The van der Waals surface area contributed by atoms with Crippen LogP contribution in [0.4, 0.5) is 0 Å². The van der Waals surface area contributed by atoms with Crippen molar-refractivity contribution in [1.82, 2.24) is 10.9 Å². The smallest absolute Gasteiger partial charge is 0.307 e. The Bertz CT molecular complexity index is 773. The van der Waals surface area contributed by atoms with Crippen LogP contribution in [-0.2, 0) is 20.8 Å². The van der Waals surface area contributed by atoms with Gasteiger partial charge in [-0.25, -0.2) is 0 Å². The first-order valence-electron chi connectivity index (χ1n) is 8.88. The van der Waals surface area contributed by atoms with Crippen LogP contribution in [0.15, 0.2) is 54.6 Å². The van der Waals surface area contributed by atoms with Gasteiger partial charge in [-0.05, 0) is 36.0 Å². The standard InChI is InChI=1S/C21H24N2O4/c1-15(24)22-23-20(25)14-19(21(26)27)9-5-6-16-10-12-18(13-11-16)17-7-3-2-4-8-17/h2-4,7-8,10-13,19H,5-6,9,14H2,1H3,(H,22,24)(H,23,25)(H,26,27). The first-order chi connectivity index (χ1) is 13.0. The molecule has 2 rings (SSSR count). The van der Waals surface area contributed by atoms with E-state index in [0.717, 1.165) is 23.1 Å². The van der Waals surface area contributed by atoms with Gasteiger partial charge in [-0.2, -0.15) is 0 Å². The Kier molecular flexibility index (Phi) is 7.55. The Morgan fingerprint density at radius 1 is 0.926 bits per heavy atom. The molecule has 0 saturated heterocycles. The van der Waals surface area contributed by atoms with E-state index in [2.05, 4.69) is 35.1 Å². The van der Waals surface area contributed by atoms with Gasteiger partial charge >= 0.3 is 5.97 Å². The van der Waals surface area contributed by atoms with Crippen molar-refractivity contribution in [2.75, 3.05) is 0 Å². The van der Waals surface area contributed by atoms with Crippen LogP contribution >= 0.6 is 0 Å². The SMILES string of the molecule is CC(=O)NNC(=O)CC(CCCc1ccc(-c2ccccc2)cc1)C(=O)O. The number of carboxylic acid groups (broad SMARTS) is 1. The lowest BCUT2D eigenvalue weighted by atomic mass is 9.95. The summed E-state index contributed by atoms with van der Waals surface area (Å²) in [5, 5.41) is 9.29. The summed E-state index contributed by atoms with van der Waals surface area (Å²) in [6.45, 7) is 1.26. The maximum Gasteiger partial charge on any atom is 0.307 e. The molecule has 6 nitrogen and oxygen atoms in total. The third kappa shape index (κ3) is 6.93. The number of benzene rings is 2. The number of hydrogen-bond acceptors (Lipinski definition) is 3. The molecule has 2 aromatic rings. The summed E-state index contributed by atoms with van der Waals surface area (Å²) >= 11 is 0. The minimum Gasteiger partial charge on any atom is -0.481 e. The highest BCUT2D eigenvalue weighted by Crippen LogP contribution is 2.20. The molecular formula is C21H24N2O4. The Morgan fingerprint density at radius 2 is 1.56 bits per heavy atom. The van der Waals surface area contributed by atoms with Gasteiger partial charge in [-0.3, -0.25) is 25.2 Å². The lowest BCUT2D eigenvalue weighted by molar-refractivity contribution is -0.144. The highest BCUT2D eigenvalue weighted by Gasteiger charge is 2.21. The van der Waals surface area contributed by atoms with E-state index in [1.165, 1.54) is 6.92 Å². The number of carbonyl (C=O) groups excluding carboxylic acids is 2. The molecule has 27 heavy (non-hydrogen) atoms. The van der Waals surface area contributed by atoms with Crippen LogP contribution in [0.5, 0.6) is 0 Å². The van der Waals surface area contributed by atoms with E-state index < -0.39 is 23.7 Å². The van der Waals surface area contributed by atoms with E-state index in [0.29, 0.717) is 12.8 Å². The van der Waals surface area contributed by atoms with Gasteiger partial charge in [0.2, 0.25) is 11.8 Å². The second-order valence-electron chi connectivity index (χ2n) is 6.42. The van der Waals surface area contributed by atoms with Crippen LogP contribution < -0.4 is 10.9 Å². The van der Waals surface area contributed by atoms with Crippen LogP contribution in [0, 0.1) is 5.92 Å². The molecular weight excluding hydrogens is 344 g/mol. The van der Waals surface area contributed by atoms with Crippen molar-refractivity contribution in [1.29, 1.82) is 0 Å². The summed E-state index contributed by atoms with van der Waals surface area (Å²) in [5.74, 6) is -2.70. The fraction of sp³-hybridized carbons (Fsp3) is 0.286. The molecule has 6 heteroatoms. The van der Waals surface area contributed by atoms with Crippen molar-refractivity contribution in [2.24, 2.45) is 5.92 Å². The van der Waals surface area contributed by atoms with Gasteiger partial charge in [0.15, 0.2) is 0 Å². The minimum atomic E-state index is -1.01. The van der Waals surface area contributed by atoms with E-state index in [9.17, 15) is 19.5 Å². The first kappa shape index (κ1) is 20.2. The zero-order valence-electron chi connectivity index (χ0n) is 15.3. The zero-order valence-corrected chi connectivity index (χ0v) is 15.3. The van der Waals surface area contributed by atoms with E-state index in [1.807, 2.05) is 30.3 Å². The third-order valence-electron chi connectivity index (χ3n) is 4.24. The summed E-state index contributed by atoms with van der Waals surface area (Å²) in [7, 11) is 0. The van der Waals surface area contributed by atoms with Gasteiger partial charge in [0.25, 0.3) is 0 Å². The average Bonchev–Trinajstić information content (AvgIpc) is 2.66. The molecule has 0 aliphatic carbocycles. The lowest BCUT2D eigenvalue weighted by Crippen LogP contribution is -2.41. The molecule has 0 aliphatic rings. The maximum atomic E-state index is 11.7. The molecule has 1 atom stereocenters. The van der Waals surface area contributed by atoms with Crippen molar-refractivity contribution in [3.05, 3.63) is 60.2 Å². The number of hydrogen-bond donors (Lipinski definition) is 3. The van der Waals surface area contributed by atoms with E-state index in [4.69, 9.17) is 0 Å². The summed E-state index contributed by atoms with van der Waals surface area (Å²) in [6.07, 6.45) is 1.63. The molecule has 0 heterocycles. The van der Waals surface area contributed by atoms with Crippen molar-refractivity contribution >= 4 is 17.8 Å². The van der Waals surface area contributed by atoms with Crippen molar-refractivity contribution in [2.45, 2.75) is 32.6 Å². The Morgan fingerprint density at radius 3 is 2.15 bits per heavy atom. The number of hydrazine groups is 1. The molecule has 0 saturated carbocycles. The van der Waals surface area contributed by atoms with Crippen molar-refractivity contribution in [3.8, 4) is 11.1 Å². The average molecular weight is 368 g/mol. The predicted molar refractivity (Wildman–Crippen MR) is 103 cm³/mol. The second-order valence-corrected chi connectivity index (χ2v) is 6.42. The van der Waals surface area contributed by atoms with Gasteiger partial charge in [0.05, 0.1) is 5.92 Å². The van der Waals surface area contributed by atoms with Crippen molar-refractivity contribution < 1.29 is 19.5 Å². The largest absolute Gasteiger partial charge is 0.481 e. The third-order valence-corrected chi connectivity index (χ3v) is 4.24. The molecule has 0 radical (unpaired) electrons. The second kappa shape index (κ2) is 10.1. The van der Waals surface area contributed by atoms with E-state index in [-0.39, 0.29) is 6.42 Å². The quantitative estimate of drug-likeness (QED) is 0.624. The van der Waals surface area contributed by atoms with E-state index in [1.54, 1.807) is 0 Å². The van der Waals surface area contributed by atoms with Crippen molar-refractivity contribution in [3.63, 3.8) is 0 Å².